The number of aryl methyl sites for hydroxylation is 3. The summed E-state index contributed by atoms with van der Waals surface area (Å²) in [5, 5.41) is 27.5. The van der Waals surface area contributed by atoms with E-state index >= 15 is 0 Å². The normalized spacial score (nSPS) is 20.5. The van der Waals surface area contributed by atoms with Crippen molar-refractivity contribution in [2.24, 2.45) is 7.05 Å². The maximum absolute atomic E-state index is 12.7. The van der Waals surface area contributed by atoms with Gasteiger partial charge in [0.05, 0.1) is 12.1 Å². The van der Waals surface area contributed by atoms with Gasteiger partial charge in [-0.3, -0.25) is 14.5 Å². The number of carboxylic acid groups (broad SMARTS) is 1. The summed E-state index contributed by atoms with van der Waals surface area (Å²) in [5.41, 5.74) is 1.88. The summed E-state index contributed by atoms with van der Waals surface area (Å²) < 4.78 is 6.55. The number of nitrogens with zero attached hydrogens (tertiary/aromatic N) is 6. The minimum atomic E-state index is -1.18. The summed E-state index contributed by atoms with van der Waals surface area (Å²) >= 11 is 2.71. The number of fused-ring (bicyclic) bond motifs is 1. The summed E-state index contributed by atoms with van der Waals surface area (Å²) in [6, 6.07) is -0.774. The van der Waals surface area contributed by atoms with Crippen molar-refractivity contribution in [2.45, 2.75) is 36.8 Å². The van der Waals surface area contributed by atoms with Crippen LogP contribution in [-0.4, -0.2) is 76.1 Å². The molecule has 2 aromatic heterocycles. The Balaban J connectivity index is 1.45. The van der Waals surface area contributed by atoms with E-state index in [0.29, 0.717) is 39.3 Å². The maximum Gasteiger partial charge on any atom is 0.352 e. The number of carboxylic acids is 1. The second-order valence-electron chi connectivity index (χ2n) is 7.07. The molecule has 0 saturated carbocycles. The van der Waals surface area contributed by atoms with Gasteiger partial charge in [0, 0.05) is 24.1 Å². The molecule has 4 heterocycles. The highest BCUT2D eigenvalue weighted by Gasteiger charge is 2.54. The second kappa shape index (κ2) is 8.34. The number of β-lactam (4-membered cyclic amide) rings is 1. The molecule has 0 bridgehead atoms. The molecule has 2 aliphatic rings. The molecule has 1 saturated heterocycles. The van der Waals surface area contributed by atoms with E-state index in [4.69, 9.17) is 4.52 Å². The van der Waals surface area contributed by atoms with Crippen LogP contribution in [0.25, 0.3) is 0 Å². The lowest BCUT2D eigenvalue weighted by atomic mass is 10.0. The first kappa shape index (κ1) is 21.4. The monoisotopic (exact) mass is 465 g/mol. The molecule has 2 N–H and O–H groups in total. The Kier molecular flexibility index (Phi) is 5.75. The van der Waals surface area contributed by atoms with Crippen LogP contribution < -0.4 is 5.32 Å². The zero-order valence-corrected chi connectivity index (χ0v) is 18.5. The molecular formula is C17H19N7O5S2. The van der Waals surface area contributed by atoms with E-state index in [1.807, 2.05) is 0 Å². The smallest absolute Gasteiger partial charge is 0.352 e. The van der Waals surface area contributed by atoms with E-state index in [1.54, 1.807) is 20.9 Å². The predicted octanol–water partition coefficient (Wildman–Crippen LogP) is -0.112. The number of aliphatic carboxylic acids is 1. The third kappa shape index (κ3) is 3.92. The molecule has 12 nitrogen and oxygen atoms in total. The average Bonchev–Trinajstić information content (AvgIpc) is 3.29. The molecular weight excluding hydrogens is 446 g/mol. The molecule has 0 radical (unpaired) electrons. The van der Waals surface area contributed by atoms with Crippen LogP contribution >= 0.6 is 23.5 Å². The molecule has 14 heteroatoms. The van der Waals surface area contributed by atoms with E-state index in [2.05, 4.69) is 26.0 Å². The Morgan fingerprint density at radius 1 is 1.39 bits per heavy atom. The molecule has 2 atom stereocenters. The fraction of sp³-hybridized carbons (Fsp3) is 0.471. The third-order valence-corrected chi connectivity index (χ3v) is 7.48. The number of hydrogen-bond acceptors (Lipinski definition) is 10. The highest BCUT2D eigenvalue weighted by molar-refractivity contribution is 8.01. The van der Waals surface area contributed by atoms with Crippen LogP contribution in [0.4, 0.5) is 0 Å². The summed E-state index contributed by atoms with van der Waals surface area (Å²) in [7, 11) is 1.69. The Hall–Kier alpha value is -2.87. The highest BCUT2D eigenvalue weighted by Crippen LogP contribution is 2.41. The Morgan fingerprint density at radius 3 is 2.77 bits per heavy atom. The average molecular weight is 466 g/mol. The SMILES string of the molecule is Cc1noc(C)c1CC(=O)NC1C(=O)N2C(C(=O)O)=C(CSc3nnnn3C)CSC12. The molecule has 1 fully saturated rings. The van der Waals surface area contributed by atoms with Gasteiger partial charge in [0.1, 0.15) is 22.9 Å². The Bertz CT molecular complexity index is 1080. The summed E-state index contributed by atoms with van der Waals surface area (Å²) in [6.45, 7) is 3.46. The third-order valence-electron chi connectivity index (χ3n) is 5.04. The minimum Gasteiger partial charge on any atom is -0.477 e. The number of nitrogens with one attached hydrogen (secondary N) is 1. The van der Waals surface area contributed by atoms with Crippen LogP contribution in [0.2, 0.25) is 0 Å². The fourth-order valence-electron chi connectivity index (χ4n) is 3.43. The van der Waals surface area contributed by atoms with Crippen LogP contribution in [0.3, 0.4) is 0 Å². The maximum atomic E-state index is 12.7. The first-order valence-corrected chi connectivity index (χ1v) is 11.3. The lowest BCUT2D eigenvalue weighted by molar-refractivity contribution is -0.150. The predicted molar refractivity (Wildman–Crippen MR) is 109 cm³/mol. The molecule has 2 aliphatic heterocycles. The number of amides is 2. The number of rotatable bonds is 7. The molecule has 0 spiro atoms. The largest absolute Gasteiger partial charge is 0.477 e. The van der Waals surface area contributed by atoms with E-state index in [1.165, 1.54) is 33.1 Å². The molecule has 164 valence electrons. The van der Waals surface area contributed by atoms with E-state index in [9.17, 15) is 19.5 Å². The van der Waals surface area contributed by atoms with Crippen molar-refractivity contribution in [2.75, 3.05) is 11.5 Å². The van der Waals surface area contributed by atoms with E-state index in [-0.39, 0.29) is 18.0 Å². The molecule has 4 rings (SSSR count). The Labute approximate surface area is 184 Å². The highest BCUT2D eigenvalue weighted by atomic mass is 32.2. The van der Waals surface area contributed by atoms with Crippen LogP contribution in [0.15, 0.2) is 20.9 Å². The van der Waals surface area contributed by atoms with Gasteiger partial charge in [-0.15, -0.1) is 16.9 Å². The van der Waals surface area contributed by atoms with Crippen LogP contribution in [-0.2, 0) is 27.9 Å². The van der Waals surface area contributed by atoms with Gasteiger partial charge in [0.25, 0.3) is 5.91 Å². The van der Waals surface area contributed by atoms with Gasteiger partial charge >= 0.3 is 5.97 Å². The quantitative estimate of drug-likeness (QED) is 0.415. The van der Waals surface area contributed by atoms with Crippen molar-refractivity contribution in [3.05, 3.63) is 28.3 Å². The van der Waals surface area contributed by atoms with Gasteiger partial charge in [-0.25, -0.2) is 9.48 Å². The van der Waals surface area contributed by atoms with Crippen LogP contribution in [0.1, 0.15) is 17.0 Å². The molecule has 2 aromatic rings. The van der Waals surface area contributed by atoms with E-state index in [0.717, 1.165) is 0 Å². The number of carbonyl (C=O) groups excluding carboxylic acids is 2. The zero-order valence-electron chi connectivity index (χ0n) is 16.9. The van der Waals surface area contributed by atoms with Gasteiger partial charge < -0.3 is 14.9 Å². The van der Waals surface area contributed by atoms with Gasteiger partial charge in [0.15, 0.2) is 0 Å². The van der Waals surface area contributed by atoms with Crippen molar-refractivity contribution in [1.82, 2.24) is 35.6 Å². The van der Waals surface area contributed by atoms with Crippen molar-refractivity contribution < 1.29 is 24.0 Å². The fourth-order valence-corrected chi connectivity index (χ4v) is 5.76. The van der Waals surface area contributed by atoms with Gasteiger partial charge in [-0.1, -0.05) is 16.9 Å². The molecule has 2 amide bonds. The molecule has 0 aromatic carbocycles. The lowest BCUT2D eigenvalue weighted by Crippen LogP contribution is -2.70. The first-order chi connectivity index (χ1) is 14.8. The Morgan fingerprint density at radius 2 is 2.16 bits per heavy atom. The molecule has 31 heavy (non-hydrogen) atoms. The lowest BCUT2D eigenvalue weighted by Gasteiger charge is -2.49. The summed E-state index contributed by atoms with van der Waals surface area (Å²) in [4.78, 5) is 38.4. The number of hydrogen-bond donors (Lipinski definition) is 2. The van der Waals surface area contributed by atoms with Crippen LogP contribution in [0, 0.1) is 13.8 Å². The van der Waals surface area contributed by atoms with Gasteiger partial charge in [-0.05, 0) is 29.8 Å². The number of carbonyl (C=O) groups is 3. The second-order valence-corrected chi connectivity index (χ2v) is 9.11. The van der Waals surface area contributed by atoms with E-state index < -0.39 is 23.3 Å². The summed E-state index contributed by atoms with van der Waals surface area (Å²) in [5.74, 6) is -0.648. The zero-order chi connectivity index (χ0) is 22.3. The molecule has 0 aliphatic carbocycles. The van der Waals surface area contributed by atoms with Crippen LogP contribution in [0.5, 0.6) is 0 Å². The number of thioether (sulfide) groups is 2. The van der Waals surface area contributed by atoms with Crippen molar-refractivity contribution in [3.8, 4) is 0 Å². The number of aromatic nitrogens is 5. The standard InChI is InChI=1S/C17H19N7O5S2/c1-7-10(8(2)29-20-7)4-11(25)18-12-14(26)24-13(16(27)28)9(5-30-15(12)24)6-31-17-19-21-22-23(17)3/h12,15H,4-6H2,1-3H3,(H,18,25)(H,27,28). The molecule has 2 unspecified atom stereocenters. The topological polar surface area (TPSA) is 156 Å². The minimum absolute atomic E-state index is 0.0346. The van der Waals surface area contributed by atoms with Gasteiger partial charge in [0.2, 0.25) is 11.1 Å². The summed E-state index contributed by atoms with van der Waals surface area (Å²) in [6.07, 6.45) is 0.0393. The van der Waals surface area contributed by atoms with Crippen molar-refractivity contribution >= 4 is 41.3 Å². The van der Waals surface area contributed by atoms with Crippen molar-refractivity contribution in [3.63, 3.8) is 0 Å². The van der Waals surface area contributed by atoms with Gasteiger partial charge in [-0.2, -0.15) is 0 Å². The van der Waals surface area contributed by atoms with Crippen molar-refractivity contribution in [1.29, 1.82) is 0 Å². The number of tetrazole rings is 1. The first-order valence-electron chi connectivity index (χ1n) is 9.24.